The summed E-state index contributed by atoms with van der Waals surface area (Å²) in [7, 11) is 0. The average Bonchev–Trinajstić information content (AvgIpc) is 3.35. The van der Waals surface area contributed by atoms with Crippen molar-refractivity contribution in [3.05, 3.63) is 0 Å². The quantitative estimate of drug-likeness (QED) is 0.778. The molecule has 0 radical (unpaired) electrons. The molecule has 2 unspecified atom stereocenters. The van der Waals surface area contributed by atoms with E-state index in [0.29, 0.717) is 0 Å². The van der Waals surface area contributed by atoms with Crippen molar-refractivity contribution in [3.8, 4) is 0 Å². The molecular weight excluding hydrogens is 280 g/mol. The van der Waals surface area contributed by atoms with E-state index in [2.05, 4.69) is 17.1 Å². The highest BCUT2D eigenvalue weighted by atomic mass is 15.2. The number of hydrogen-bond acceptors (Lipinski definition) is 2. The van der Waals surface area contributed by atoms with E-state index in [1.165, 1.54) is 90.3 Å². The highest BCUT2D eigenvalue weighted by Gasteiger charge is 2.38. The van der Waals surface area contributed by atoms with Crippen LogP contribution in [-0.2, 0) is 0 Å². The second-order valence-corrected chi connectivity index (χ2v) is 9.57. The maximum absolute atomic E-state index is 4.02. The number of nitrogens with zero attached hydrogens (tertiary/aromatic N) is 1. The average molecular weight is 319 g/mol. The first-order valence-corrected chi connectivity index (χ1v) is 10.7. The van der Waals surface area contributed by atoms with Crippen molar-refractivity contribution >= 4 is 0 Å². The fourth-order valence-electron chi connectivity index (χ4n) is 5.57. The molecule has 2 nitrogen and oxygen atoms in total. The Morgan fingerprint density at radius 3 is 2.30 bits per heavy atom. The maximum Gasteiger partial charge on any atom is 0.0198 e. The molecular formula is C21H38N2. The van der Waals surface area contributed by atoms with Gasteiger partial charge in [0.1, 0.15) is 0 Å². The van der Waals surface area contributed by atoms with Crippen molar-refractivity contribution in [2.45, 2.75) is 89.6 Å². The van der Waals surface area contributed by atoms with Gasteiger partial charge in [-0.3, -0.25) is 4.90 Å². The van der Waals surface area contributed by atoms with Gasteiger partial charge in [-0.25, -0.2) is 0 Å². The van der Waals surface area contributed by atoms with Crippen molar-refractivity contribution in [3.63, 3.8) is 0 Å². The lowest BCUT2D eigenvalue weighted by Gasteiger charge is -2.48. The van der Waals surface area contributed by atoms with Gasteiger partial charge >= 0.3 is 0 Å². The van der Waals surface area contributed by atoms with Crippen molar-refractivity contribution in [1.82, 2.24) is 10.2 Å². The number of rotatable bonds is 6. The lowest BCUT2D eigenvalue weighted by atomic mass is 9.78. The van der Waals surface area contributed by atoms with Crippen molar-refractivity contribution in [2.75, 3.05) is 19.6 Å². The predicted molar refractivity (Wildman–Crippen MR) is 97.6 cm³/mol. The zero-order valence-electron chi connectivity index (χ0n) is 15.3. The zero-order valence-corrected chi connectivity index (χ0v) is 15.3. The Morgan fingerprint density at radius 1 is 0.826 bits per heavy atom. The van der Waals surface area contributed by atoms with Crippen LogP contribution in [0.1, 0.15) is 77.6 Å². The molecule has 2 heteroatoms. The number of piperidine rings is 1. The van der Waals surface area contributed by atoms with Crippen LogP contribution in [0, 0.1) is 23.7 Å². The molecule has 2 atom stereocenters. The van der Waals surface area contributed by atoms with E-state index in [4.69, 9.17) is 0 Å². The van der Waals surface area contributed by atoms with Crippen LogP contribution in [0.4, 0.5) is 0 Å². The molecule has 4 rings (SSSR count). The Morgan fingerprint density at radius 2 is 1.61 bits per heavy atom. The third-order valence-electron chi connectivity index (χ3n) is 7.21. The van der Waals surface area contributed by atoms with Crippen LogP contribution in [0.2, 0.25) is 0 Å². The smallest absolute Gasteiger partial charge is 0.0198 e. The molecule has 4 aliphatic rings. The zero-order chi connectivity index (χ0) is 15.6. The molecule has 132 valence electrons. The molecule has 1 heterocycles. The third kappa shape index (κ3) is 4.51. The molecule has 3 saturated carbocycles. The predicted octanol–water partition coefficient (Wildman–Crippen LogP) is 4.45. The standard InChI is InChI=1S/C21H38N2/c1-16-9-21(10-16)23-14-19(11-17-7-8-17)12-20(15-23)22-13-18-5-3-2-4-6-18/h16-22H,2-15H2,1H3. The molecule has 0 amide bonds. The highest BCUT2D eigenvalue weighted by Crippen LogP contribution is 2.40. The number of nitrogens with one attached hydrogen (secondary N) is 1. The maximum atomic E-state index is 4.02. The molecule has 23 heavy (non-hydrogen) atoms. The van der Waals surface area contributed by atoms with Gasteiger partial charge in [0, 0.05) is 25.2 Å². The van der Waals surface area contributed by atoms with E-state index in [0.717, 1.165) is 35.8 Å². The van der Waals surface area contributed by atoms with Gasteiger partial charge in [0.05, 0.1) is 0 Å². The SMILES string of the molecule is CC1CC(N2CC(CC3CC3)CC(NCC3CCCCC3)C2)C1. The van der Waals surface area contributed by atoms with Crippen LogP contribution in [0.15, 0.2) is 0 Å². The van der Waals surface area contributed by atoms with Gasteiger partial charge in [0.25, 0.3) is 0 Å². The molecule has 0 spiro atoms. The largest absolute Gasteiger partial charge is 0.312 e. The summed E-state index contributed by atoms with van der Waals surface area (Å²) in [6, 6.07) is 1.70. The topological polar surface area (TPSA) is 15.3 Å². The van der Waals surface area contributed by atoms with Crippen LogP contribution in [-0.4, -0.2) is 36.6 Å². The monoisotopic (exact) mass is 318 g/mol. The molecule has 1 saturated heterocycles. The second kappa shape index (κ2) is 7.44. The Hall–Kier alpha value is -0.0800. The lowest BCUT2D eigenvalue weighted by molar-refractivity contribution is 0.0298. The van der Waals surface area contributed by atoms with Gasteiger partial charge in [-0.15, -0.1) is 0 Å². The molecule has 0 aromatic rings. The Balaban J connectivity index is 1.28. The summed E-state index contributed by atoms with van der Waals surface area (Å²) in [6.07, 6.45) is 16.4. The summed E-state index contributed by atoms with van der Waals surface area (Å²) >= 11 is 0. The Labute approximate surface area is 143 Å². The van der Waals surface area contributed by atoms with Crippen molar-refractivity contribution in [1.29, 1.82) is 0 Å². The van der Waals surface area contributed by atoms with E-state index in [1.807, 2.05) is 0 Å². The van der Waals surface area contributed by atoms with Gasteiger partial charge in [-0.2, -0.15) is 0 Å². The van der Waals surface area contributed by atoms with E-state index in [-0.39, 0.29) is 0 Å². The minimum atomic E-state index is 0.783. The van der Waals surface area contributed by atoms with Crippen LogP contribution < -0.4 is 5.32 Å². The summed E-state index contributed by atoms with van der Waals surface area (Å²) in [5.74, 6) is 4.04. The summed E-state index contributed by atoms with van der Waals surface area (Å²) in [5, 5.41) is 4.02. The first-order chi connectivity index (χ1) is 11.3. The summed E-state index contributed by atoms with van der Waals surface area (Å²) in [5.41, 5.74) is 0. The van der Waals surface area contributed by atoms with Crippen LogP contribution >= 0.6 is 0 Å². The highest BCUT2D eigenvalue weighted by molar-refractivity contribution is 4.93. The van der Waals surface area contributed by atoms with Crippen LogP contribution in [0.5, 0.6) is 0 Å². The normalized spacial score (nSPS) is 40.0. The van der Waals surface area contributed by atoms with Gasteiger partial charge in [-0.05, 0) is 68.7 Å². The number of hydrogen-bond donors (Lipinski definition) is 1. The summed E-state index contributed by atoms with van der Waals surface area (Å²) in [4.78, 5) is 2.88. The number of likely N-dealkylation sites (tertiary alicyclic amines) is 1. The summed E-state index contributed by atoms with van der Waals surface area (Å²) in [6.45, 7) is 6.48. The minimum Gasteiger partial charge on any atom is -0.312 e. The van der Waals surface area contributed by atoms with Gasteiger partial charge < -0.3 is 5.32 Å². The second-order valence-electron chi connectivity index (χ2n) is 9.57. The molecule has 1 aliphatic heterocycles. The van der Waals surface area contributed by atoms with Gasteiger partial charge in [0.15, 0.2) is 0 Å². The lowest BCUT2D eigenvalue weighted by Crippen LogP contribution is -2.56. The molecule has 0 bridgehead atoms. The van der Waals surface area contributed by atoms with Gasteiger partial charge in [-0.1, -0.05) is 39.0 Å². The van der Waals surface area contributed by atoms with E-state index < -0.39 is 0 Å². The first kappa shape index (κ1) is 16.4. The van der Waals surface area contributed by atoms with E-state index >= 15 is 0 Å². The Bertz CT molecular complexity index is 366. The minimum absolute atomic E-state index is 0.783. The molecule has 3 aliphatic carbocycles. The van der Waals surface area contributed by atoms with Crippen molar-refractivity contribution in [2.24, 2.45) is 23.7 Å². The third-order valence-corrected chi connectivity index (χ3v) is 7.21. The van der Waals surface area contributed by atoms with Crippen LogP contribution in [0.25, 0.3) is 0 Å². The van der Waals surface area contributed by atoms with Crippen molar-refractivity contribution < 1.29 is 0 Å². The molecule has 4 fully saturated rings. The Kier molecular flexibility index (Phi) is 5.30. The first-order valence-electron chi connectivity index (χ1n) is 10.7. The van der Waals surface area contributed by atoms with Gasteiger partial charge in [0.2, 0.25) is 0 Å². The molecule has 0 aromatic heterocycles. The van der Waals surface area contributed by atoms with E-state index in [1.54, 1.807) is 0 Å². The summed E-state index contributed by atoms with van der Waals surface area (Å²) < 4.78 is 0. The molecule has 0 aromatic carbocycles. The van der Waals surface area contributed by atoms with E-state index in [9.17, 15) is 0 Å². The fraction of sp³-hybridized carbons (Fsp3) is 1.00. The molecule has 1 N–H and O–H groups in total. The van der Waals surface area contributed by atoms with Crippen LogP contribution in [0.3, 0.4) is 0 Å². The fourth-order valence-corrected chi connectivity index (χ4v) is 5.57.